The molecule has 1 aromatic heterocycles. The SMILES string of the molecule is CCc1cccc(COC(=O)CN(CC)c2ccc(N=Nc3pc(Cl)c(C=O)s3)cc2)c1. The Labute approximate surface area is 198 Å². The van der Waals surface area contributed by atoms with Crippen LogP contribution < -0.4 is 4.90 Å². The molecule has 1 heterocycles. The molecule has 0 unspecified atom stereocenters. The van der Waals surface area contributed by atoms with Gasteiger partial charge in [-0.05, 0) is 56.9 Å². The van der Waals surface area contributed by atoms with Gasteiger partial charge in [0.1, 0.15) is 13.2 Å². The molecule has 0 bridgehead atoms. The molecule has 0 aliphatic rings. The van der Waals surface area contributed by atoms with Gasteiger partial charge < -0.3 is 9.64 Å². The summed E-state index contributed by atoms with van der Waals surface area (Å²) in [5, 5.41) is 8.37. The number of azo groups is 1. The van der Waals surface area contributed by atoms with Crippen molar-refractivity contribution in [2.75, 3.05) is 18.0 Å². The van der Waals surface area contributed by atoms with E-state index < -0.39 is 0 Å². The lowest BCUT2D eigenvalue weighted by atomic mass is 10.1. The highest BCUT2D eigenvalue weighted by Crippen LogP contribution is 2.43. The largest absolute Gasteiger partial charge is 0.459 e. The van der Waals surface area contributed by atoms with Crippen LogP contribution >= 0.6 is 31.1 Å². The Hall–Kier alpha value is -2.60. The number of rotatable bonds is 10. The molecule has 0 aliphatic carbocycles. The van der Waals surface area contributed by atoms with Crippen LogP contribution in [0.3, 0.4) is 0 Å². The van der Waals surface area contributed by atoms with Gasteiger partial charge in [0.15, 0.2) is 11.0 Å². The standard InChI is InChI=1S/C23H23ClN3O3PS/c1-3-16-6-5-7-17(12-16)15-30-21(29)13-27(4-2)19-10-8-18(9-11-19)25-26-23-31-22(24)20(14-28)32-23/h5-12,14H,3-4,13,15H2,1-2H3. The van der Waals surface area contributed by atoms with Crippen LogP contribution in [0.4, 0.5) is 16.1 Å². The van der Waals surface area contributed by atoms with Gasteiger partial charge in [-0.1, -0.05) is 42.8 Å². The van der Waals surface area contributed by atoms with Gasteiger partial charge in [0, 0.05) is 12.2 Å². The summed E-state index contributed by atoms with van der Waals surface area (Å²) in [6, 6.07) is 15.5. The van der Waals surface area contributed by atoms with Crippen molar-refractivity contribution >= 4 is 59.5 Å². The number of benzene rings is 2. The zero-order valence-corrected chi connectivity index (χ0v) is 20.3. The first kappa shape index (κ1) is 24.1. The van der Waals surface area contributed by atoms with E-state index in [9.17, 15) is 9.59 Å². The van der Waals surface area contributed by atoms with Crippen molar-refractivity contribution in [2.45, 2.75) is 26.9 Å². The molecule has 9 heteroatoms. The zero-order chi connectivity index (χ0) is 22.9. The molecule has 3 aromatic rings. The number of hydrogen-bond donors (Lipinski definition) is 0. The molecule has 0 saturated heterocycles. The fraction of sp³-hybridized carbons (Fsp3) is 0.261. The molecule has 0 atom stereocenters. The number of nitrogens with zero attached hydrogens (tertiary/aromatic N) is 3. The van der Waals surface area contributed by atoms with E-state index in [4.69, 9.17) is 16.3 Å². The Kier molecular flexibility index (Phi) is 8.91. The van der Waals surface area contributed by atoms with Crippen LogP contribution in [-0.4, -0.2) is 25.3 Å². The van der Waals surface area contributed by atoms with Gasteiger partial charge in [-0.3, -0.25) is 9.59 Å². The Morgan fingerprint density at radius 2 is 1.91 bits per heavy atom. The molecular weight excluding hydrogens is 465 g/mol. The molecule has 0 amide bonds. The average molecular weight is 488 g/mol. The van der Waals surface area contributed by atoms with Crippen molar-refractivity contribution in [3.8, 4) is 0 Å². The van der Waals surface area contributed by atoms with Crippen molar-refractivity contribution in [3.05, 3.63) is 69.3 Å². The van der Waals surface area contributed by atoms with E-state index in [0.717, 1.165) is 24.0 Å². The van der Waals surface area contributed by atoms with E-state index in [1.807, 2.05) is 48.2 Å². The van der Waals surface area contributed by atoms with Crippen LogP contribution in [0.2, 0.25) is 4.75 Å². The number of likely N-dealkylation sites (N-methyl/N-ethyl adjacent to an activating group) is 1. The summed E-state index contributed by atoms with van der Waals surface area (Å²) in [7, 11) is 0.689. The number of hydrogen-bond acceptors (Lipinski definition) is 7. The maximum absolute atomic E-state index is 12.4. The van der Waals surface area contributed by atoms with Crippen LogP contribution in [-0.2, 0) is 22.6 Å². The minimum atomic E-state index is -0.276. The van der Waals surface area contributed by atoms with Crippen LogP contribution in [0.1, 0.15) is 34.6 Å². The first-order valence-electron chi connectivity index (χ1n) is 10.1. The molecule has 6 nitrogen and oxygen atoms in total. The topological polar surface area (TPSA) is 71.3 Å². The summed E-state index contributed by atoms with van der Waals surface area (Å²) in [6.07, 6.45) is 1.67. The van der Waals surface area contributed by atoms with Crippen LogP contribution in [0.5, 0.6) is 0 Å². The number of ether oxygens (including phenoxy) is 1. The number of carbonyl (C=O) groups excluding carboxylic acids is 2. The van der Waals surface area contributed by atoms with Gasteiger partial charge in [-0.15, -0.1) is 21.6 Å². The average Bonchev–Trinajstić information content (AvgIpc) is 3.20. The third kappa shape index (κ3) is 6.70. The monoisotopic (exact) mass is 487 g/mol. The summed E-state index contributed by atoms with van der Waals surface area (Å²) in [5.41, 5.74) is 3.77. The number of anilines is 1. The second-order valence-corrected chi connectivity index (χ2v) is 9.90. The lowest BCUT2D eigenvalue weighted by Crippen LogP contribution is -2.30. The molecule has 0 aliphatic heterocycles. The normalized spacial score (nSPS) is 11.2. The quantitative estimate of drug-likeness (QED) is 0.170. The highest BCUT2D eigenvalue weighted by Gasteiger charge is 2.12. The molecule has 0 saturated carbocycles. The first-order chi connectivity index (χ1) is 15.5. The summed E-state index contributed by atoms with van der Waals surface area (Å²) >= 11 is 7.21. The molecule has 3 rings (SSSR count). The third-order valence-electron chi connectivity index (χ3n) is 4.67. The fourth-order valence-corrected chi connectivity index (χ4v) is 5.35. The number of esters is 1. The van der Waals surface area contributed by atoms with Crippen LogP contribution in [0.15, 0.2) is 58.8 Å². The van der Waals surface area contributed by atoms with Crippen LogP contribution in [0, 0.1) is 0 Å². The van der Waals surface area contributed by atoms with E-state index in [1.165, 1.54) is 16.9 Å². The van der Waals surface area contributed by atoms with Crippen LogP contribution in [0.25, 0.3) is 0 Å². The van der Waals surface area contributed by atoms with E-state index >= 15 is 0 Å². The molecule has 0 N–H and O–H groups in total. The minimum Gasteiger partial charge on any atom is -0.459 e. The van der Waals surface area contributed by atoms with E-state index in [0.29, 0.717) is 34.8 Å². The molecule has 0 radical (unpaired) electrons. The maximum atomic E-state index is 12.4. The van der Waals surface area contributed by atoms with Crippen molar-refractivity contribution in [1.29, 1.82) is 0 Å². The van der Waals surface area contributed by atoms with E-state index in [1.54, 1.807) is 0 Å². The smallest absolute Gasteiger partial charge is 0.325 e. The Morgan fingerprint density at radius 1 is 1.16 bits per heavy atom. The van der Waals surface area contributed by atoms with Crippen molar-refractivity contribution < 1.29 is 14.3 Å². The highest BCUT2D eigenvalue weighted by molar-refractivity contribution is 7.50. The lowest BCUT2D eigenvalue weighted by molar-refractivity contribution is -0.143. The minimum absolute atomic E-state index is 0.164. The number of aldehydes is 1. The molecular formula is C23H23ClN3O3PS. The predicted molar refractivity (Wildman–Crippen MR) is 131 cm³/mol. The van der Waals surface area contributed by atoms with E-state index in [-0.39, 0.29) is 19.1 Å². The molecule has 0 fully saturated rings. The highest BCUT2D eigenvalue weighted by atomic mass is 35.5. The molecule has 0 spiro atoms. The lowest BCUT2D eigenvalue weighted by Gasteiger charge is -2.22. The molecule has 2 aromatic carbocycles. The maximum Gasteiger partial charge on any atom is 0.325 e. The second-order valence-electron chi connectivity index (χ2n) is 6.83. The number of aryl methyl sites for hydroxylation is 1. The van der Waals surface area contributed by atoms with Gasteiger partial charge in [0.25, 0.3) is 0 Å². The Bertz CT molecular complexity index is 1100. The predicted octanol–water partition coefficient (Wildman–Crippen LogP) is 7.34. The van der Waals surface area contributed by atoms with Crippen molar-refractivity contribution in [2.24, 2.45) is 10.2 Å². The van der Waals surface area contributed by atoms with Gasteiger partial charge >= 0.3 is 5.97 Å². The third-order valence-corrected chi connectivity index (χ3v) is 7.44. The Balaban J connectivity index is 1.57. The molecule has 32 heavy (non-hydrogen) atoms. The van der Waals surface area contributed by atoms with Gasteiger partial charge in [0.2, 0.25) is 0 Å². The number of halogens is 1. The van der Waals surface area contributed by atoms with E-state index in [2.05, 4.69) is 29.3 Å². The summed E-state index contributed by atoms with van der Waals surface area (Å²) in [4.78, 5) is 25.7. The fourth-order valence-electron chi connectivity index (χ4n) is 2.94. The van der Waals surface area contributed by atoms with Gasteiger partial charge in [-0.2, -0.15) is 0 Å². The van der Waals surface area contributed by atoms with Crippen molar-refractivity contribution in [3.63, 3.8) is 0 Å². The summed E-state index contributed by atoms with van der Waals surface area (Å²) in [6.45, 7) is 5.17. The molecule has 166 valence electrons. The summed E-state index contributed by atoms with van der Waals surface area (Å²) < 4.78 is 6.59. The second kappa shape index (κ2) is 11.9. The zero-order valence-electron chi connectivity index (χ0n) is 17.8. The van der Waals surface area contributed by atoms with Crippen molar-refractivity contribution in [1.82, 2.24) is 0 Å². The number of carbonyl (C=O) groups is 2. The first-order valence-corrected chi connectivity index (χ1v) is 12.2. The van der Waals surface area contributed by atoms with Gasteiger partial charge in [0.05, 0.1) is 15.3 Å². The Morgan fingerprint density at radius 3 is 2.56 bits per heavy atom. The van der Waals surface area contributed by atoms with Gasteiger partial charge in [-0.25, -0.2) is 0 Å². The summed E-state index contributed by atoms with van der Waals surface area (Å²) in [5.74, 6) is -0.276.